The zero-order valence-corrected chi connectivity index (χ0v) is 65.4. The van der Waals surface area contributed by atoms with E-state index in [2.05, 4.69) is 51.2 Å². The summed E-state index contributed by atoms with van der Waals surface area (Å²) in [6.07, 6.45) is -17.1. The molecular formula is C86H86I2O18S2. The molecule has 0 radical (unpaired) electrons. The molecule has 0 spiro atoms. The lowest BCUT2D eigenvalue weighted by atomic mass is 9.93. The van der Waals surface area contributed by atoms with Gasteiger partial charge in [0.2, 0.25) is 0 Å². The lowest BCUT2D eigenvalue weighted by Gasteiger charge is -2.55. The number of aliphatic hydroxyl groups excluding tert-OH is 1. The molecule has 5 aliphatic rings. The molecule has 22 heteroatoms. The molecular weight excluding hydrogens is 1640 g/mol. The Balaban J connectivity index is 0.868. The molecule has 1 N–H and O–H groups in total. The van der Waals surface area contributed by atoms with E-state index in [1.807, 2.05) is 231 Å². The molecule has 0 amide bonds. The van der Waals surface area contributed by atoms with E-state index in [1.165, 1.54) is 0 Å². The van der Waals surface area contributed by atoms with Crippen molar-refractivity contribution in [2.45, 2.75) is 150 Å². The third kappa shape index (κ3) is 19.1. The maximum Gasteiger partial charge on any atom is 0.267 e. The second-order valence-corrected chi connectivity index (χ2v) is 31.3. The number of carbonyl (C=O) groups excluding carboxylic acids is 2. The van der Waals surface area contributed by atoms with E-state index in [0.717, 1.165) is 69.6 Å². The maximum absolute atomic E-state index is 15.7. The van der Waals surface area contributed by atoms with Gasteiger partial charge in [-0.25, -0.2) is 0 Å². The van der Waals surface area contributed by atoms with Crippen LogP contribution in [-0.2, 0) is 138 Å². The molecule has 5 heterocycles. The number of ether oxygens (including phenoxy) is 15. The van der Waals surface area contributed by atoms with Crippen molar-refractivity contribution in [2.75, 3.05) is 38.4 Å². The van der Waals surface area contributed by atoms with Crippen molar-refractivity contribution < 1.29 is 85.7 Å². The van der Waals surface area contributed by atoms with Crippen LogP contribution in [0.1, 0.15) is 50.1 Å². The van der Waals surface area contributed by atoms with Crippen LogP contribution in [0, 0.1) is 7.14 Å². The number of aryl methyl sites for hydroxylation is 2. The van der Waals surface area contributed by atoms with E-state index in [1.54, 1.807) is 31.4 Å². The maximum atomic E-state index is 15.7. The topological polar surface area (TPSA) is 193 Å². The molecule has 564 valence electrons. The van der Waals surface area contributed by atoms with Crippen molar-refractivity contribution in [3.8, 4) is 0 Å². The second kappa shape index (κ2) is 38.4. The highest BCUT2D eigenvalue weighted by Gasteiger charge is 2.63. The fourth-order valence-corrected chi connectivity index (χ4v) is 17.2. The molecule has 14 rings (SSSR count). The van der Waals surface area contributed by atoms with Gasteiger partial charge in [-0.1, -0.05) is 272 Å². The Morgan fingerprint density at radius 2 is 0.778 bits per heavy atom. The van der Waals surface area contributed by atoms with E-state index in [9.17, 15) is 5.11 Å². The van der Waals surface area contributed by atoms with Gasteiger partial charge in [0.05, 0.1) is 52.9 Å². The molecule has 0 aromatic heterocycles. The second-order valence-electron chi connectivity index (χ2n) is 26.8. The summed E-state index contributed by atoms with van der Waals surface area (Å²) in [6, 6.07) is 82.9. The highest BCUT2D eigenvalue weighted by molar-refractivity contribution is 14.1. The quantitative estimate of drug-likeness (QED) is 0.0403. The minimum absolute atomic E-state index is 0.0246. The summed E-state index contributed by atoms with van der Waals surface area (Å²) in [5.74, 6) is -3.24. The first-order valence-corrected chi connectivity index (χ1v) is 40.4. The Bertz CT molecular complexity index is 4270. The lowest BCUT2D eigenvalue weighted by Crippen LogP contribution is -2.71. The molecule has 17 atom stereocenters. The van der Waals surface area contributed by atoms with Crippen molar-refractivity contribution in [1.82, 2.24) is 0 Å². The first kappa shape index (κ1) is 78.5. The number of aliphatic hydroxyl groups is 1. The van der Waals surface area contributed by atoms with Gasteiger partial charge < -0.3 is 76.2 Å². The van der Waals surface area contributed by atoms with Crippen LogP contribution in [0.5, 0.6) is 0 Å². The Morgan fingerprint density at radius 1 is 0.417 bits per heavy atom. The van der Waals surface area contributed by atoms with Gasteiger partial charge in [-0.3, -0.25) is 9.59 Å². The van der Waals surface area contributed by atoms with Gasteiger partial charge in [-0.2, -0.15) is 0 Å². The normalized spacial score (nSPS) is 28.3. The molecule has 0 unspecified atom stereocenters. The number of thioether (sulfide) groups is 2. The van der Waals surface area contributed by atoms with Crippen LogP contribution in [0.3, 0.4) is 0 Å². The van der Waals surface area contributed by atoms with Crippen LogP contribution < -0.4 is 0 Å². The number of halogens is 2. The van der Waals surface area contributed by atoms with Gasteiger partial charge in [0.1, 0.15) is 73.2 Å². The SMILES string of the molecule is CO[C@H]1O[C@H](COCc2ccccc2)[C@@H](O[C@@H]2O[C@@H]3CO[C@](C(=O)SCCc4ccccc4I)(c4ccccc4)O[C@H]3[C@H](O[C@H]3O[C@@H]4CO[C@](C(=O)SCCc5ccccc5I)(c5ccccc5)O[C@H]4[C@H](O)[C@@H]3OCc3ccccc3)[C@@H]2OCc2ccccc2)[C@H](OCc2ccccc2)[C@H]1OCc1ccccc1. The number of rotatable bonds is 31. The monoisotopic (exact) mass is 1720 g/mol. The Morgan fingerprint density at radius 3 is 1.22 bits per heavy atom. The zero-order valence-electron chi connectivity index (χ0n) is 59.4. The first-order chi connectivity index (χ1) is 53.0. The number of carbonyl (C=O) groups is 2. The molecule has 9 aromatic rings. The Kier molecular flexibility index (Phi) is 27.9. The molecule has 0 saturated carbocycles. The molecule has 0 bridgehead atoms. The average Bonchev–Trinajstić information content (AvgIpc) is 0.736. The van der Waals surface area contributed by atoms with Gasteiger partial charge in [0, 0.05) is 36.9 Å². The van der Waals surface area contributed by atoms with Crippen LogP contribution in [0.4, 0.5) is 0 Å². The minimum Gasteiger partial charge on any atom is -0.387 e. The largest absolute Gasteiger partial charge is 0.387 e. The van der Waals surface area contributed by atoms with Crippen molar-refractivity contribution in [2.24, 2.45) is 0 Å². The summed E-state index contributed by atoms with van der Waals surface area (Å²) in [6.45, 7) is -0.0615. The number of methoxy groups -OCH3 is 1. The highest BCUT2D eigenvalue weighted by atomic mass is 127. The molecule has 9 aromatic carbocycles. The summed E-state index contributed by atoms with van der Waals surface area (Å²) in [7, 11) is 1.56. The third-order valence-electron chi connectivity index (χ3n) is 19.6. The fraction of sp³-hybridized carbons (Fsp3) is 0.349. The van der Waals surface area contributed by atoms with Crippen LogP contribution in [0.25, 0.3) is 0 Å². The summed E-state index contributed by atoms with van der Waals surface area (Å²) in [5, 5.41) is 12.6. The zero-order chi connectivity index (χ0) is 74.1. The Labute approximate surface area is 665 Å². The summed E-state index contributed by atoms with van der Waals surface area (Å²) in [5.41, 5.74) is 7.33. The molecule has 108 heavy (non-hydrogen) atoms. The number of benzene rings is 9. The minimum atomic E-state index is -2.07. The third-order valence-corrected chi connectivity index (χ3v) is 23.6. The fourth-order valence-electron chi connectivity index (χ4n) is 14.1. The van der Waals surface area contributed by atoms with Gasteiger partial charge in [-0.15, -0.1) is 0 Å². The van der Waals surface area contributed by atoms with Crippen molar-refractivity contribution in [3.63, 3.8) is 0 Å². The molecule has 18 nitrogen and oxygen atoms in total. The van der Waals surface area contributed by atoms with Crippen LogP contribution in [0.15, 0.2) is 261 Å². The average molecular weight is 1730 g/mol. The van der Waals surface area contributed by atoms with Crippen LogP contribution in [0.2, 0.25) is 0 Å². The number of fused-ring (bicyclic) bond motifs is 2. The van der Waals surface area contributed by atoms with Crippen LogP contribution in [-0.4, -0.2) is 146 Å². The lowest BCUT2D eigenvalue weighted by molar-refractivity contribution is -0.431. The van der Waals surface area contributed by atoms with Crippen molar-refractivity contribution in [3.05, 3.63) is 318 Å². The van der Waals surface area contributed by atoms with E-state index in [0.29, 0.717) is 35.5 Å². The van der Waals surface area contributed by atoms with Gasteiger partial charge in [0.15, 0.2) is 18.9 Å². The standard InChI is InChI=1S/C86H86I2O18S2/c1-92-80-78(96-52-60-33-15-5-16-34-60)76(95-51-59-31-13-4-14-32-59)73(68(100-80)54-93-49-57-27-9-2-10-28-57)103-82-79(97-53-61-35-17-6-18-36-61)77(74-70(102-82)56-99-86(106-74,65-41-21-8-22-42-65)84(91)108-48-46-63-38-24-26-44-67(63)88)104-81-75(94-50-58-29-11-3-12-30-58)71(89)72-69(101-81)55-98-85(105-72,64-39-19-7-20-40-64)83(90)107-47-45-62-37-23-25-43-66(62)87/h2-44,68-82,89H,45-56H2,1H3/t68-,69-,70-,71+,72-,73-,74-,75+,76+,77+,78-,79+,80+,81-,82+,85-,86-/m1/s1. The Hall–Kier alpha value is -6.16. The number of hydrogen-bond acceptors (Lipinski definition) is 20. The molecule has 5 fully saturated rings. The molecule has 0 aliphatic carbocycles. The van der Waals surface area contributed by atoms with E-state index in [-0.39, 0.29) is 52.9 Å². The van der Waals surface area contributed by atoms with Gasteiger partial charge in [-0.05, 0) is 109 Å². The predicted octanol–water partition coefficient (Wildman–Crippen LogP) is 14.2. The molecule has 5 saturated heterocycles. The van der Waals surface area contributed by atoms with Crippen LogP contribution >= 0.6 is 68.7 Å². The summed E-state index contributed by atoms with van der Waals surface area (Å²) < 4.78 is 109. The van der Waals surface area contributed by atoms with E-state index < -0.39 is 114 Å². The van der Waals surface area contributed by atoms with Crippen molar-refractivity contribution >= 4 is 78.9 Å². The van der Waals surface area contributed by atoms with Gasteiger partial charge in [0.25, 0.3) is 21.8 Å². The molecule has 5 aliphatic heterocycles. The highest BCUT2D eigenvalue weighted by Crippen LogP contribution is 2.48. The first-order valence-electron chi connectivity index (χ1n) is 36.3. The summed E-state index contributed by atoms with van der Waals surface area (Å²) in [4.78, 5) is 30.9. The van der Waals surface area contributed by atoms with Gasteiger partial charge >= 0.3 is 0 Å². The van der Waals surface area contributed by atoms with Crippen molar-refractivity contribution in [1.29, 1.82) is 0 Å². The van der Waals surface area contributed by atoms with E-state index in [4.69, 9.17) is 71.1 Å². The van der Waals surface area contributed by atoms with E-state index >= 15 is 9.59 Å². The summed E-state index contributed by atoms with van der Waals surface area (Å²) >= 11 is 6.82. The smallest absolute Gasteiger partial charge is 0.267 e. The predicted molar refractivity (Wildman–Crippen MR) is 423 cm³/mol. The number of hydrogen-bond donors (Lipinski definition) is 1.